The lowest BCUT2D eigenvalue weighted by atomic mass is 10.0. The largest absolute Gasteiger partial charge is 0.245 e. The van der Waals surface area contributed by atoms with Crippen LogP contribution in [-0.4, -0.2) is 13.4 Å². The third kappa shape index (κ3) is 3.79. The van der Waals surface area contributed by atoms with Crippen LogP contribution in [0.25, 0.3) is 0 Å². The third-order valence-electron chi connectivity index (χ3n) is 4.08. The Morgan fingerprint density at radius 2 is 2.09 bits per heavy atom. The van der Waals surface area contributed by atoms with Crippen molar-refractivity contribution in [2.24, 2.45) is 0 Å². The summed E-state index contributed by atoms with van der Waals surface area (Å²) >= 11 is 1.50. The molecule has 0 atom stereocenters. The first-order valence-corrected chi connectivity index (χ1v) is 10.1. The van der Waals surface area contributed by atoms with Gasteiger partial charge in [0.05, 0.1) is 11.3 Å². The topological polar surface area (TPSA) is 59.1 Å². The van der Waals surface area contributed by atoms with E-state index < -0.39 is 21.4 Å². The second kappa shape index (κ2) is 6.30. The zero-order valence-corrected chi connectivity index (χ0v) is 14.5. The smallest absolute Gasteiger partial charge is 0.216 e. The molecule has 4 nitrogen and oxygen atoms in total. The summed E-state index contributed by atoms with van der Waals surface area (Å²) in [5, 5.41) is 2.77. The number of aromatic nitrogens is 1. The highest BCUT2D eigenvalue weighted by Gasteiger charge is 2.41. The highest BCUT2D eigenvalue weighted by Crippen LogP contribution is 2.40. The van der Waals surface area contributed by atoms with Gasteiger partial charge in [0.1, 0.15) is 10.8 Å². The molecular formula is C16H19FN2O2S2. The van der Waals surface area contributed by atoms with Crippen molar-refractivity contribution >= 4 is 21.4 Å². The SMILES string of the molecule is Cc1csc(C2(NS(=O)(=O)Cc3cccc(F)c3)CCCC2)n1. The molecule has 1 saturated carbocycles. The zero-order chi connectivity index (χ0) is 16.5. The van der Waals surface area contributed by atoms with E-state index in [4.69, 9.17) is 0 Å². The van der Waals surface area contributed by atoms with E-state index in [0.29, 0.717) is 5.56 Å². The Labute approximate surface area is 139 Å². The molecule has 0 unspecified atom stereocenters. The van der Waals surface area contributed by atoms with E-state index >= 15 is 0 Å². The van der Waals surface area contributed by atoms with Gasteiger partial charge in [-0.05, 0) is 37.5 Å². The van der Waals surface area contributed by atoms with Crippen LogP contribution in [0.3, 0.4) is 0 Å². The van der Waals surface area contributed by atoms with Crippen LogP contribution in [0.15, 0.2) is 29.6 Å². The van der Waals surface area contributed by atoms with Crippen LogP contribution < -0.4 is 4.72 Å². The Hall–Kier alpha value is -1.31. The van der Waals surface area contributed by atoms with Gasteiger partial charge in [-0.15, -0.1) is 11.3 Å². The van der Waals surface area contributed by atoms with Gasteiger partial charge in [0.25, 0.3) is 0 Å². The molecule has 1 heterocycles. The van der Waals surface area contributed by atoms with Crippen LogP contribution >= 0.6 is 11.3 Å². The summed E-state index contributed by atoms with van der Waals surface area (Å²) in [6.45, 7) is 1.91. The van der Waals surface area contributed by atoms with Gasteiger partial charge in [0.2, 0.25) is 10.0 Å². The van der Waals surface area contributed by atoms with E-state index in [-0.39, 0.29) is 5.75 Å². The van der Waals surface area contributed by atoms with Crippen LogP contribution in [0.1, 0.15) is 41.9 Å². The first-order valence-electron chi connectivity index (χ1n) is 7.57. The van der Waals surface area contributed by atoms with Gasteiger partial charge in [-0.25, -0.2) is 22.5 Å². The number of nitrogens with one attached hydrogen (secondary N) is 1. The van der Waals surface area contributed by atoms with Gasteiger partial charge in [-0.2, -0.15) is 0 Å². The molecule has 1 aromatic carbocycles. The van der Waals surface area contributed by atoms with Crippen LogP contribution in [-0.2, 0) is 21.3 Å². The van der Waals surface area contributed by atoms with Crippen molar-refractivity contribution in [2.75, 3.05) is 0 Å². The Balaban J connectivity index is 1.85. The fraction of sp³-hybridized carbons (Fsp3) is 0.438. The van der Waals surface area contributed by atoms with Gasteiger partial charge >= 0.3 is 0 Å². The van der Waals surface area contributed by atoms with Crippen molar-refractivity contribution in [3.8, 4) is 0 Å². The Bertz CT molecular complexity index is 796. The van der Waals surface area contributed by atoms with Crippen LogP contribution in [0.4, 0.5) is 4.39 Å². The summed E-state index contributed by atoms with van der Waals surface area (Å²) < 4.78 is 41.3. The summed E-state index contributed by atoms with van der Waals surface area (Å²) in [6, 6.07) is 5.71. The van der Waals surface area contributed by atoms with Crippen molar-refractivity contribution in [1.82, 2.24) is 9.71 Å². The zero-order valence-electron chi connectivity index (χ0n) is 12.9. The monoisotopic (exact) mass is 354 g/mol. The molecular weight excluding hydrogens is 335 g/mol. The quantitative estimate of drug-likeness (QED) is 0.894. The molecule has 0 spiro atoms. The molecule has 1 fully saturated rings. The second-order valence-electron chi connectivity index (χ2n) is 6.07. The Kier molecular flexibility index (Phi) is 4.53. The Morgan fingerprint density at radius 1 is 1.35 bits per heavy atom. The normalized spacial score (nSPS) is 17.5. The molecule has 0 bridgehead atoms. The van der Waals surface area contributed by atoms with Gasteiger partial charge < -0.3 is 0 Å². The minimum Gasteiger partial charge on any atom is -0.245 e. The number of hydrogen-bond donors (Lipinski definition) is 1. The predicted molar refractivity (Wildman–Crippen MR) is 89.2 cm³/mol. The highest BCUT2D eigenvalue weighted by molar-refractivity contribution is 7.88. The van der Waals surface area contributed by atoms with E-state index in [2.05, 4.69) is 9.71 Å². The number of aryl methyl sites for hydroxylation is 1. The fourth-order valence-electron chi connectivity index (χ4n) is 3.09. The van der Waals surface area contributed by atoms with Gasteiger partial charge in [0.15, 0.2) is 0 Å². The number of rotatable bonds is 5. The lowest BCUT2D eigenvalue weighted by molar-refractivity contribution is 0.401. The molecule has 0 amide bonds. The molecule has 23 heavy (non-hydrogen) atoms. The minimum atomic E-state index is -3.58. The van der Waals surface area contributed by atoms with Gasteiger partial charge in [-0.3, -0.25) is 0 Å². The fourth-order valence-corrected chi connectivity index (χ4v) is 5.76. The molecule has 7 heteroatoms. The van der Waals surface area contributed by atoms with E-state index in [1.807, 2.05) is 12.3 Å². The van der Waals surface area contributed by atoms with Crippen molar-refractivity contribution in [3.63, 3.8) is 0 Å². The summed E-state index contributed by atoms with van der Waals surface area (Å²) in [7, 11) is -3.58. The first-order chi connectivity index (χ1) is 10.9. The van der Waals surface area contributed by atoms with Gasteiger partial charge in [-0.1, -0.05) is 25.0 Å². The molecule has 0 radical (unpaired) electrons. The summed E-state index contributed by atoms with van der Waals surface area (Å²) in [5.74, 6) is -0.652. The lowest BCUT2D eigenvalue weighted by Gasteiger charge is -2.27. The van der Waals surface area contributed by atoms with Gasteiger partial charge in [0, 0.05) is 11.1 Å². The summed E-state index contributed by atoms with van der Waals surface area (Å²) in [6.07, 6.45) is 3.45. The first kappa shape index (κ1) is 16.5. The average molecular weight is 354 g/mol. The maximum absolute atomic E-state index is 13.3. The molecule has 0 aliphatic heterocycles. The van der Waals surface area contributed by atoms with Crippen molar-refractivity contribution in [3.05, 3.63) is 51.7 Å². The molecule has 1 aliphatic rings. The molecule has 0 saturated heterocycles. The molecule has 1 aliphatic carbocycles. The Morgan fingerprint density at radius 3 is 2.70 bits per heavy atom. The number of hydrogen-bond acceptors (Lipinski definition) is 4. The third-order valence-corrected chi connectivity index (χ3v) is 6.66. The minimum absolute atomic E-state index is 0.225. The molecule has 1 aromatic heterocycles. The maximum Gasteiger partial charge on any atom is 0.216 e. The number of thiazole rings is 1. The molecule has 1 N–H and O–H groups in total. The average Bonchev–Trinajstić information content (AvgIpc) is 3.07. The van der Waals surface area contributed by atoms with Crippen molar-refractivity contribution in [2.45, 2.75) is 43.9 Å². The second-order valence-corrected chi connectivity index (χ2v) is 8.65. The van der Waals surface area contributed by atoms with Crippen molar-refractivity contribution < 1.29 is 12.8 Å². The number of nitrogens with zero attached hydrogens (tertiary/aromatic N) is 1. The standard InChI is InChI=1S/C16H19FN2O2S2/c1-12-10-22-15(18-12)16(7-2-3-8-16)19-23(20,21)11-13-5-4-6-14(17)9-13/h4-6,9-10,19H,2-3,7-8,11H2,1H3. The van der Waals surface area contributed by atoms with Crippen LogP contribution in [0, 0.1) is 12.7 Å². The van der Waals surface area contributed by atoms with E-state index in [9.17, 15) is 12.8 Å². The van der Waals surface area contributed by atoms with E-state index in [0.717, 1.165) is 36.4 Å². The van der Waals surface area contributed by atoms with Crippen LogP contribution in [0.5, 0.6) is 0 Å². The number of halogens is 1. The highest BCUT2D eigenvalue weighted by atomic mass is 32.2. The van der Waals surface area contributed by atoms with E-state index in [1.54, 1.807) is 6.07 Å². The van der Waals surface area contributed by atoms with Crippen molar-refractivity contribution in [1.29, 1.82) is 0 Å². The molecule has 3 rings (SSSR count). The summed E-state index contributed by atoms with van der Waals surface area (Å²) in [5.41, 5.74) is 0.743. The molecule has 2 aromatic rings. The predicted octanol–water partition coefficient (Wildman–Crippen LogP) is 3.48. The maximum atomic E-state index is 13.3. The molecule has 124 valence electrons. The summed E-state index contributed by atoms with van der Waals surface area (Å²) in [4.78, 5) is 4.50. The number of sulfonamides is 1. The number of benzene rings is 1. The lowest BCUT2D eigenvalue weighted by Crippen LogP contribution is -2.44. The van der Waals surface area contributed by atoms with E-state index in [1.165, 1.54) is 29.5 Å². The van der Waals surface area contributed by atoms with Crippen LogP contribution in [0.2, 0.25) is 0 Å².